The van der Waals surface area contributed by atoms with Gasteiger partial charge in [-0.05, 0) is 64.6 Å². The Labute approximate surface area is 151 Å². The molecule has 1 saturated heterocycles. The molecule has 0 aromatic heterocycles. The van der Waals surface area contributed by atoms with Crippen molar-refractivity contribution in [2.75, 3.05) is 46.8 Å². The summed E-state index contributed by atoms with van der Waals surface area (Å²) in [6, 6.07) is 4.20. The van der Waals surface area contributed by atoms with E-state index in [1.54, 1.807) is 6.92 Å². The lowest BCUT2D eigenvalue weighted by atomic mass is 10.2. The number of halogens is 1. The first kappa shape index (κ1) is 20.3. The van der Waals surface area contributed by atoms with E-state index in [1.807, 2.05) is 19.0 Å². The Bertz CT molecular complexity index is 679. The van der Waals surface area contributed by atoms with Crippen molar-refractivity contribution in [3.8, 4) is 0 Å². The maximum Gasteiger partial charge on any atom is 0.243 e. The third-order valence-electron chi connectivity index (χ3n) is 4.88. The lowest BCUT2D eigenvalue weighted by molar-refractivity contribution is 0.220. The zero-order valence-corrected chi connectivity index (χ0v) is 16.5. The number of hydrogen-bond donors (Lipinski definition) is 0. The van der Waals surface area contributed by atoms with Crippen molar-refractivity contribution in [2.45, 2.75) is 37.6 Å². The van der Waals surface area contributed by atoms with Gasteiger partial charge in [0.1, 0.15) is 5.82 Å². The number of likely N-dealkylation sites (tertiary alicyclic amines) is 1. The highest BCUT2D eigenvalue weighted by Crippen LogP contribution is 2.24. The van der Waals surface area contributed by atoms with Crippen LogP contribution in [0.5, 0.6) is 0 Å². The minimum absolute atomic E-state index is 0.0762. The summed E-state index contributed by atoms with van der Waals surface area (Å²) in [6.07, 6.45) is 2.10. The van der Waals surface area contributed by atoms with Crippen LogP contribution in [0.25, 0.3) is 0 Å². The van der Waals surface area contributed by atoms with E-state index < -0.39 is 15.8 Å². The molecular weight excluding hydrogens is 341 g/mol. The van der Waals surface area contributed by atoms with Crippen LogP contribution in [0.3, 0.4) is 0 Å². The zero-order chi connectivity index (χ0) is 18.6. The summed E-state index contributed by atoms with van der Waals surface area (Å²) in [7, 11) is 0.117. The number of hydrogen-bond acceptors (Lipinski definition) is 4. The molecule has 0 spiro atoms. The summed E-state index contributed by atoms with van der Waals surface area (Å²) in [6.45, 7) is 7.25. The standard InChI is InChI=1S/C18H30FN3O2S/c1-5-21-10-6-7-17(21)14-22(12-11-20(3)4)25(23,24)18-13-16(19)9-8-15(18)2/h8-9,13,17H,5-7,10-12,14H2,1-4H3. The third kappa shape index (κ3) is 5.00. The van der Waals surface area contributed by atoms with Crippen LogP contribution in [0, 0.1) is 12.7 Å². The summed E-state index contributed by atoms with van der Waals surface area (Å²) in [5, 5.41) is 0. The summed E-state index contributed by atoms with van der Waals surface area (Å²) < 4.78 is 41.7. The average molecular weight is 372 g/mol. The van der Waals surface area contributed by atoms with Crippen LogP contribution in [0.4, 0.5) is 4.39 Å². The van der Waals surface area contributed by atoms with Gasteiger partial charge in [0.05, 0.1) is 4.90 Å². The van der Waals surface area contributed by atoms with Gasteiger partial charge in [-0.3, -0.25) is 4.90 Å². The van der Waals surface area contributed by atoms with Crippen molar-refractivity contribution in [3.63, 3.8) is 0 Å². The number of nitrogens with zero attached hydrogens (tertiary/aromatic N) is 3. The highest BCUT2D eigenvalue weighted by atomic mass is 32.2. The molecule has 0 amide bonds. The molecular formula is C18H30FN3O2S. The summed E-state index contributed by atoms with van der Waals surface area (Å²) in [4.78, 5) is 4.37. The van der Waals surface area contributed by atoms with Crippen molar-refractivity contribution in [1.82, 2.24) is 14.1 Å². The Morgan fingerprint density at radius 2 is 2.00 bits per heavy atom. The van der Waals surface area contributed by atoms with Crippen molar-refractivity contribution >= 4 is 10.0 Å². The van der Waals surface area contributed by atoms with E-state index in [2.05, 4.69) is 11.8 Å². The largest absolute Gasteiger partial charge is 0.308 e. The van der Waals surface area contributed by atoms with E-state index in [-0.39, 0.29) is 10.9 Å². The predicted molar refractivity (Wildman–Crippen MR) is 98.7 cm³/mol. The Balaban J connectivity index is 2.31. The third-order valence-corrected chi connectivity index (χ3v) is 6.89. The highest BCUT2D eigenvalue weighted by molar-refractivity contribution is 7.89. The second-order valence-corrected chi connectivity index (χ2v) is 8.91. The van der Waals surface area contributed by atoms with Gasteiger partial charge in [0.25, 0.3) is 0 Å². The van der Waals surface area contributed by atoms with Crippen LogP contribution in [0.15, 0.2) is 23.1 Å². The van der Waals surface area contributed by atoms with Crippen molar-refractivity contribution in [1.29, 1.82) is 0 Å². The van der Waals surface area contributed by atoms with Crippen LogP contribution >= 0.6 is 0 Å². The van der Waals surface area contributed by atoms with Gasteiger partial charge < -0.3 is 4.90 Å². The molecule has 1 heterocycles. The molecule has 1 aromatic rings. The second-order valence-electron chi connectivity index (χ2n) is 7.00. The van der Waals surface area contributed by atoms with Crippen LogP contribution in [0.1, 0.15) is 25.3 Å². The first-order chi connectivity index (χ1) is 11.8. The molecule has 0 radical (unpaired) electrons. The van der Waals surface area contributed by atoms with Crippen LogP contribution in [-0.2, 0) is 10.0 Å². The van der Waals surface area contributed by atoms with Crippen molar-refractivity contribution in [3.05, 3.63) is 29.6 Å². The fourth-order valence-electron chi connectivity index (χ4n) is 3.37. The van der Waals surface area contributed by atoms with Gasteiger partial charge in [-0.15, -0.1) is 0 Å². The number of rotatable bonds is 8. The van der Waals surface area contributed by atoms with Gasteiger partial charge in [0, 0.05) is 25.7 Å². The molecule has 25 heavy (non-hydrogen) atoms. The number of aryl methyl sites for hydroxylation is 1. The molecule has 1 fully saturated rings. The minimum atomic E-state index is -3.73. The maximum atomic E-state index is 13.7. The second kappa shape index (κ2) is 8.58. The SMILES string of the molecule is CCN1CCCC1CN(CCN(C)C)S(=O)(=O)c1cc(F)ccc1C. The van der Waals surface area contributed by atoms with E-state index in [0.29, 0.717) is 25.2 Å². The molecule has 0 aliphatic carbocycles. The van der Waals surface area contributed by atoms with E-state index in [0.717, 1.165) is 32.0 Å². The Morgan fingerprint density at radius 1 is 1.28 bits per heavy atom. The van der Waals surface area contributed by atoms with Crippen LogP contribution in [0.2, 0.25) is 0 Å². The molecule has 7 heteroatoms. The Hall–Kier alpha value is -1.02. The highest BCUT2D eigenvalue weighted by Gasteiger charge is 2.32. The summed E-state index contributed by atoms with van der Waals surface area (Å²) >= 11 is 0. The van der Waals surface area contributed by atoms with Crippen LogP contribution < -0.4 is 0 Å². The van der Waals surface area contributed by atoms with E-state index in [1.165, 1.54) is 16.4 Å². The maximum absolute atomic E-state index is 13.7. The van der Waals surface area contributed by atoms with Crippen molar-refractivity contribution < 1.29 is 12.8 Å². The van der Waals surface area contributed by atoms with Gasteiger partial charge in [0.2, 0.25) is 10.0 Å². The lowest BCUT2D eigenvalue weighted by Gasteiger charge is -2.30. The molecule has 2 rings (SSSR count). The van der Waals surface area contributed by atoms with E-state index in [4.69, 9.17) is 0 Å². The summed E-state index contributed by atoms with van der Waals surface area (Å²) in [5.74, 6) is -0.521. The first-order valence-corrected chi connectivity index (χ1v) is 10.3. The van der Waals surface area contributed by atoms with E-state index in [9.17, 15) is 12.8 Å². The topological polar surface area (TPSA) is 43.9 Å². The van der Waals surface area contributed by atoms with Gasteiger partial charge in [-0.1, -0.05) is 13.0 Å². The average Bonchev–Trinajstić information content (AvgIpc) is 3.00. The number of benzene rings is 1. The van der Waals surface area contributed by atoms with Crippen molar-refractivity contribution in [2.24, 2.45) is 0 Å². The fourth-order valence-corrected chi connectivity index (χ4v) is 5.07. The van der Waals surface area contributed by atoms with Gasteiger partial charge in [-0.2, -0.15) is 4.31 Å². The fraction of sp³-hybridized carbons (Fsp3) is 0.667. The summed E-state index contributed by atoms with van der Waals surface area (Å²) in [5.41, 5.74) is 0.579. The predicted octanol–water partition coefficient (Wildman–Crippen LogP) is 2.17. The Morgan fingerprint density at radius 3 is 2.64 bits per heavy atom. The first-order valence-electron chi connectivity index (χ1n) is 8.90. The quantitative estimate of drug-likeness (QED) is 0.703. The smallest absolute Gasteiger partial charge is 0.243 e. The molecule has 1 unspecified atom stereocenters. The Kier molecular flexibility index (Phi) is 6.96. The lowest BCUT2D eigenvalue weighted by Crippen LogP contribution is -2.45. The van der Waals surface area contributed by atoms with Crippen LogP contribution in [-0.4, -0.2) is 75.4 Å². The minimum Gasteiger partial charge on any atom is -0.308 e. The number of sulfonamides is 1. The molecule has 1 aliphatic rings. The molecule has 0 saturated carbocycles. The molecule has 1 aliphatic heterocycles. The normalized spacial score (nSPS) is 19.2. The molecule has 1 atom stereocenters. The molecule has 1 aromatic carbocycles. The van der Waals surface area contributed by atoms with Gasteiger partial charge in [0.15, 0.2) is 0 Å². The molecule has 5 nitrogen and oxygen atoms in total. The molecule has 142 valence electrons. The van der Waals surface area contributed by atoms with Gasteiger partial charge in [-0.25, -0.2) is 12.8 Å². The molecule has 0 bridgehead atoms. The number of likely N-dealkylation sites (N-methyl/N-ethyl adjacent to an activating group) is 2. The zero-order valence-electron chi connectivity index (χ0n) is 15.7. The van der Waals surface area contributed by atoms with E-state index >= 15 is 0 Å². The molecule has 0 N–H and O–H groups in total. The van der Waals surface area contributed by atoms with Gasteiger partial charge >= 0.3 is 0 Å². The monoisotopic (exact) mass is 371 g/mol.